The molecule has 1 unspecified atom stereocenters. The number of imidazole rings is 1. The fourth-order valence-electron chi connectivity index (χ4n) is 2.32. The van der Waals surface area contributed by atoms with Crippen LogP contribution in [-0.4, -0.2) is 15.6 Å². The van der Waals surface area contributed by atoms with Gasteiger partial charge in [0.25, 0.3) is 0 Å². The summed E-state index contributed by atoms with van der Waals surface area (Å²) in [6.07, 6.45) is 6.15. The van der Waals surface area contributed by atoms with Crippen molar-refractivity contribution >= 4 is 0 Å². The van der Waals surface area contributed by atoms with E-state index in [1.807, 2.05) is 29.8 Å². The summed E-state index contributed by atoms with van der Waals surface area (Å²) in [6, 6.07) is 7.54. The lowest BCUT2D eigenvalue weighted by molar-refractivity contribution is 0.534. The molecule has 0 amide bonds. The van der Waals surface area contributed by atoms with Crippen molar-refractivity contribution in [2.45, 2.75) is 38.4 Å². The number of aromatic nitrogens is 2. The fraction of sp³-hybridized carbons (Fsp3) is 0.400. The molecule has 1 aromatic heterocycles. The van der Waals surface area contributed by atoms with Crippen LogP contribution in [0.3, 0.4) is 0 Å². The lowest BCUT2D eigenvalue weighted by atomic mass is 10.1. The summed E-state index contributed by atoms with van der Waals surface area (Å²) in [5.41, 5.74) is 1.80. The molecular weight excluding hydrogens is 241 g/mol. The van der Waals surface area contributed by atoms with Crippen molar-refractivity contribution in [1.82, 2.24) is 14.9 Å². The van der Waals surface area contributed by atoms with Gasteiger partial charge in [-0.3, -0.25) is 0 Å². The highest BCUT2D eigenvalue weighted by molar-refractivity contribution is 5.22. The third-order valence-corrected chi connectivity index (χ3v) is 3.67. The molecule has 1 fully saturated rings. The van der Waals surface area contributed by atoms with Crippen LogP contribution >= 0.6 is 0 Å². The Morgan fingerprint density at radius 1 is 1.42 bits per heavy atom. The molecule has 2 aromatic rings. The number of nitrogens with one attached hydrogen (secondary N) is 1. The van der Waals surface area contributed by atoms with Crippen LogP contribution in [0.4, 0.5) is 4.39 Å². The zero-order valence-electron chi connectivity index (χ0n) is 11.0. The first-order valence-electron chi connectivity index (χ1n) is 6.74. The van der Waals surface area contributed by atoms with Crippen molar-refractivity contribution in [2.75, 3.05) is 0 Å². The lowest BCUT2D eigenvalue weighted by Crippen LogP contribution is -2.19. The maximum atomic E-state index is 13.8. The minimum Gasteiger partial charge on any atom is -0.326 e. The summed E-state index contributed by atoms with van der Waals surface area (Å²) in [5, 5.41) is 3.47. The van der Waals surface area contributed by atoms with Crippen LogP contribution in [-0.2, 0) is 6.54 Å². The average molecular weight is 259 g/mol. The van der Waals surface area contributed by atoms with Gasteiger partial charge in [0.2, 0.25) is 0 Å². The molecule has 1 saturated carbocycles. The highest BCUT2D eigenvalue weighted by atomic mass is 19.1. The van der Waals surface area contributed by atoms with E-state index in [9.17, 15) is 4.39 Å². The first kappa shape index (κ1) is 12.4. The Kier molecular flexibility index (Phi) is 3.34. The first-order valence-corrected chi connectivity index (χ1v) is 6.74. The van der Waals surface area contributed by atoms with E-state index in [-0.39, 0.29) is 11.9 Å². The molecule has 0 saturated heterocycles. The molecule has 4 heteroatoms. The highest BCUT2D eigenvalue weighted by Crippen LogP contribution is 2.23. The van der Waals surface area contributed by atoms with Gasteiger partial charge in [0.1, 0.15) is 5.82 Å². The summed E-state index contributed by atoms with van der Waals surface area (Å²) in [4.78, 5) is 4.20. The maximum absolute atomic E-state index is 13.8. The number of benzene rings is 1. The van der Waals surface area contributed by atoms with Crippen LogP contribution in [0.5, 0.6) is 0 Å². The Hall–Kier alpha value is -1.68. The smallest absolute Gasteiger partial charge is 0.128 e. The highest BCUT2D eigenvalue weighted by Gasteiger charge is 2.21. The minimum absolute atomic E-state index is 0.0419. The monoisotopic (exact) mass is 259 g/mol. The number of halogens is 1. The maximum Gasteiger partial charge on any atom is 0.128 e. The van der Waals surface area contributed by atoms with Gasteiger partial charge in [-0.15, -0.1) is 0 Å². The lowest BCUT2D eigenvalue weighted by Gasteiger charge is -2.18. The topological polar surface area (TPSA) is 29.9 Å². The van der Waals surface area contributed by atoms with Crippen molar-refractivity contribution in [3.8, 4) is 0 Å². The second-order valence-electron chi connectivity index (χ2n) is 5.14. The average Bonchev–Trinajstić information content (AvgIpc) is 3.13. The van der Waals surface area contributed by atoms with Gasteiger partial charge in [-0.1, -0.05) is 18.2 Å². The van der Waals surface area contributed by atoms with E-state index in [1.54, 1.807) is 12.4 Å². The second-order valence-corrected chi connectivity index (χ2v) is 5.14. The molecular formula is C15H18FN3. The number of rotatable bonds is 5. The zero-order valence-corrected chi connectivity index (χ0v) is 11.0. The fourth-order valence-corrected chi connectivity index (χ4v) is 2.32. The van der Waals surface area contributed by atoms with Gasteiger partial charge in [0.15, 0.2) is 0 Å². The summed E-state index contributed by atoms with van der Waals surface area (Å²) >= 11 is 0. The van der Waals surface area contributed by atoms with E-state index in [2.05, 4.69) is 10.3 Å². The third kappa shape index (κ3) is 2.68. The van der Waals surface area contributed by atoms with E-state index in [0.29, 0.717) is 11.6 Å². The largest absolute Gasteiger partial charge is 0.326 e. The quantitative estimate of drug-likeness (QED) is 0.894. The van der Waals surface area contributed by atoms with Crippen molar-refractivity contribution < 1.29 is 4.39 Å². The molecule has 1 aliphatic rings. The Balaban J connectivity index is 1.81. The van der Waals surface area contributed by atoms with Crippen molar-refractivity contribution in [3.63, 3.8) is 0 Å². The van der Waals surface area contributed by atoms with Crippen molar-refractivity contribution in [1.29, 1.82) is 0 Å². The SMILES string of the molecule is CC(c1ccccc1F)n1cncc1CNC1CC1. The summed E-state index contributed by atoms with van der Waals surface area (Å²) in [7, 11) is 0. The molecule has 3 nitrogen and oxygen atoms in total. The van der Waals surface area contributed by atoms with E-state index < -0.39 is 0 Å². The van der Waals surface area contributed by atoms with Gasteiger partial charge in [-0.2, -0.15) is 0 Å². The van der Waals surface area contributed by atoms with Crippen molar-refractivity contribution in [3.05, 3.63) is 53.9 Å². The van der Waals surface area contributed by atoms with E-state index in [4.69, 9.17) is 0 Å². The van der Waals surface area contributed by atoms with Gasteiger partial charge < -0.3 is 9.88 Å². The zero-order chi connectivity index (χ0) is 13.2. The molecule has 1 N–H and O–H groups in total. The Morgan fingerprint density at radius 2 is 2.21 bits per heavy atom. The molecule has 100 valence electrons. The van der Waals surface area contributed by atoms with Crippen LogP contribution in [0, 0.1) is 5.82 Å². The molecule has 1 atom stereocenters. The molecule has 1 aliphatic carbocycles. The van der Waals surface area contributed by atoms with Gasteiger partial charge in [-0.05, 0) is 25.8 Å². The molecule has 0 bridgehead atoms. The summed E-state index contributed by atoms with van der Waals surface area (Å²) in [6.45, 7) is 2.80. The normalized spacial score (nSPS) is 16.5. The van der Waals surface area contributed by atoms with Crippen LogP contribution < -0.4 is 5.32 Å². The molecule has 1 aromatic carbocycles. The van der Waals surface area contributed by atoms with E-state index >= 15 is 0 Å². The summed E-state index contributed by atoms with van der Waals surface area (Å²) in [5.74, 6) is -0.162. The predicted molar refractivity (Wildman–Crippen MR) is 72.3 cm³/mol. The van der Waals surface area contributed by atoms with Crippen molar-refractivity contribution in [2.24, 2.45) is 0 Å². The second kappa shape index (κ2) is 5.13. The molecule has 0 spiro atoms. The Bertz CT molecular complexity index is 560. The molecule has 0 aliphatic heterocycles. The van der Waals surface area contributed by atoms with Crippen LogP contribution in [0.2, 0.25) is 0 Å². The van der Waals surface area contributed by atoms with Crippen LogP contribution in [0.15, 0.2) is 36.8 Å². The summed E-state index contributed by atoms with van der Waals surface area (Å²) < 4.78 is 15.9. The predicted octanol–water partition coefficient (Wildman–Crippen LogP) is 2.88. The number of hydrogen-bond acceptors (Lipinski definition) is 2. The molecule has 0 radical (unpaired) electrons. The van der Waals surface area contributed by atoms with E-state index in [1.165, 1.54) is 18.9 Å². The third-order valence-electron chi connectivity index (χ3n) is 3.67. The molecule has 1 heterocycles. The molecule has 19 heavy (non-hydrogen) atoms. The van der Waals surface area contributed by atoms with Crippen LogP contribution in [0.1, 0.15) is 37.1 Å². The minimum atomic E-state index is -0.162. The van der Waals surface area contributed by atoms with Crippen LogP contribution in [0.25, 0.3) is 0 Å². The number of hydrogen-bond donors (Lipinski definition) is 1. The Morgan fingerprint density at radius 3 is 2.95 bits per heavy atom. The number of nitrogens with zero attached hydrogens (tertiary/aromatic N) is 2. The van der Waals surface area contributed by atoms with Gasteiger partial charge in [0.05, 0.1) is 18.1 Å². The van der Waals surface area contributed by atoms with Gasteiger partial charge in [-0.25, -0.2) is 9.37 Å². The Labute approximate surface area is 112 Å². The first-order chi connectivity index (χ1) is 9.25. The van der Waals surface area contributed by atoms with E-state index in [0.717, 1.165) is 12.2 Å². The van der Waals surface area contributed by atoms with Gasteiger partial charge >= 0.3 is 0 Å². The standard InChI is InChI=1S/C15H18FN3/c1-11(14-4-2-3-5-15(14)16)19-10-17-8-13(19)9-18-12-6-7-12/h2-5,8,10-12,18H,6-7,9H2,1H3. The van der Waals surface area contributed by atoms with Gasteiger partial charge in [0, 0.05) is 24.3 Å². The molecule has 3 rings (SSSR count).